The summed E-state index contributed by atoms with van der Waals surface area (Å²) in [5.74, 6) is -2.98. The third kappa shape index (κ3) is 7.11. The lowest BCUT2D eigenvalue weighted by Gasteiger charge is -2.28. The van der Waals surface area contributed by atoms with E-state index in [9.17, 15) is 24.3 Å². The number of carbonyl (C=O) groups is 4. The van der Waals surface area contributed by atoms with E-state index < -0.39 is 41.9 Å². The van der Waals surface area contributed by atoms with Gasteiger partial charge in [0.25, 0.3) is 0 Å². The molecule has 4 rings (SSSR count). The van der Waals surface area contributed by atoms with Gasteiger partial charge in [0.1, 0.15) is 24.8 Å². The van der Waals surface area contributed by atoms with Crippen molar-refractivity contribution in [3.63, 3.8) is 0 Å². The molecule has 0 aliphatic heterocycles. The number of carboxylic acid groups (broad SMARTS) is 1. The predicted molar refractivity (Wildman–Crippen MR) is 152 cm³/mol. The Morgan fingerprint density at radius 2 is 1.46 bits per heavy atom. The van der Waals surface area contributed by atoms with Crippen molar-refractivity contribution in [3.8, 4) is 11.1 Å². The Balaban J connectivity index is 1.45. The van der Waals surface area contributed by atoms with Gasteiger partial charge in [0.05, 0.1) is 6.42 Å². The molecule has 0 radical (unpaired) electrons. The summed E-state index contributed by atoms with van der Waals surface area (Å²) < 4.78 is 10.9. The number of alkyl carbamates (subject to hydrolysis) is 1. The first-order valence-corrected chi connectivity index (χ1v) is 13.6. The highest BCUT2D eigenvalue weighted by molar-refractivity contribution is 5.93. The number of ether oxygens (including phenoxy) is 2. The van der Waals surface area contributed by atoms with Crippen molar-refractivity contribution in [1.82, 2.24) is 10.6 Å². The molecule has 1 aliphatic carbocycles. The van der Waals surface area contributed by atoms with Gasteiger partial charge in [0, 0.05) is 5.92 Å². The van der Waals surface area contributed by atoms with Crippen LogP contribution in [0.2, 0.25) is 0 Å². The van der Waals surface area contributed by atoms with Gasteiger partial charge in [-0.2, -0.15) is 0 Å². The number of esters is 1. The largest absolute Gasteiger partial charge is 0.480 e. The molecule has 9 heteroatoms. The van der Waals surface area contributed by atoms with Crippen LogP contribution in [0.4, 0.5) is 4.79 Å². The lowest BCUT2D eigenvalue weighted by Crippen LogP contribution is -2.58. The molecule has 2 atom stereocenters. The van der Waals surface area contributed by atoms with Crippen LogP contribution in [-0.4, -0.2) is 47.2 Å². The molecular weight excluding hydrogens is 524 g/mol. The number of fused-ring (bicyclic) bond motifs is 3. The topological polar surface area (TPSA) is 131 Å². The van der Waals surface area contributed by atoms with E-state index in [1.54, 1.807) is 31.2 Å². The maximum atomic E-state index is 13.2. The maximum Gasteiger partial charge on any atom is 0.407 e. The highest BCUT2D eigenvalue weighted by Crippen LogP contribution is 2.44. The Bertz CT molecular complexity index is 1360. The van der Waals surface area contributed by atoms with Crippen molar-refractivity contribution in [2.45, 2.75) is 57.2 Å². The van der Waals surface area contributed by atoms with E-state index in [4.69, 9.17) is 9.47 Å². The Kier molecular flexibility index (Phi) is 9.39. The number of aliphatic carboxylic acids is 1. The van der Waals surface area contributed by atoms with Gasteiger partial charge in [-0.15, -0.1) is 0 Å². The quantitative estimate of drug-likeness (QED) is 0.273. The van der Waals surface area contributed by atoms with Crippen LogP contribution < -0.4 is 10.6 Å². The molecule has 3 aromatic rings. The van der Waals surface area contributed by atoms with Crippen LogP contribution in [0, 0.1) is 0 Å². The first-order chi connectivity index (χ1) is 19.7. The van der Waals surface area contributed by atoms with Gasteiger partial charge in [-0.25, -0.2) is 9.59 Å². The molecule has 0 heterocycles. The van der Waals surface area contributed by atoms with E-state index in [1.807, 2.05) is 54.6 Å². The second-order valence-electron chi connectivity index (χ2n) is 10.2. The van der Waals surface area contributed by atoms with Gasteiger partial charge in [-0.05, 0) is 41.2 Å². The lowest BCUT2D eigenvalue weighted by atomic mass is 9.95. The van der Waals surface area contributed by atoms with Gasteiger partial charge in [0.15, 0.2) is 0 Å². The Hall–Kier alpha value is -4.66. The molecule has 41 heavy (non-hydrogen) atoms. The second-order valence-corrected chi connectivity index (χ2v) is 10.2. The van der Waals surface area contributed by atoms with Crippen molar-refractivity contribution >= 4 is 23.9 Å². The van der Waals surface area contributed by atoms with E-state index in [0.29, 0.717) is 6.42 Å². The molecule has 0 spiro atoms. The molecule has 0 bridgehead atoms. The molecule has 9 nitrogen and oxygen atoms in total. The molecule has 214 valence electrons. The monoisotopic (exact) mass is 558 g/mol. The van der Waals surface area contributed by atoms with Crippen LogP contribution in [0.25, 0.3) is 11.1 Å². The smallest absolute Gasteiger partial charge is 0.407 e. The van der Waals surface area contributed by atoms with E-state index in [0.717, 1.165) is 27.8 Å². The van der Waals surface area contributed by atoms with Crippen LogP contribution >= 0.6 is 0 Å². The summed E-state index contributed by atoms with van der Waals surface area (Å²) in [4.78, 5) is 50.7. The van der Waals surface area contributed by atoms with E-state index >= 15 is 0 Å². The van der Waals surface area contributed by atoms with E-state index in [2.05, 4.69) is 10.6 Å². The summed E-state index contributed by atoms with van der Waals surface area (Å²) in [7, 11) is 0. The first kappa shape index (κ1) is 29.3. The molecule has 1 aliphatic rings. The van der Waals surface area contributed by atoms with Gasteiger partial charge in [-0.1, -0.05) is 92.2 Å². The number of carboxylic acids is 1. The second kappa shape index (κ2) is 13.1. The van der Waals surface area contributed by atoms with Crippen LogP contribution in [0.3, 0.4) is 0 Å². The predicted octanol–water partition coefficient (Wildman–Crippen LogP) is 4.79. The summed E-state index contributed by atoms with van der Waals surface area (Å²) in [6.45, 7) is 3.17. The Labute approximate surface area is 238 Å². The van der Waals surface area contributed by atoms with Crippen molar-refractivity contribution in [2.75, 3.05) is 6.61 Å². The van der Waals surface area contributed by atoms with E-state index in [1.165, 1.54) is 6.92 Å². The van der Waals surface area contributed by atoms with Crippen molar-refractivity contribution in [2.24, 2.45) is 0 Å². The number of benzene rings is 3. The average molecular weight is 559 g/mol. The third-order valence-electron chi connectivity index (χ3n) is 7.19. The number of hydrogen-bond acceptors (Lipinski definition) is 6. The standard InChI is InChI=1S/C32H34N2O7/c1-3-17-32(2,30(37)38)34-29(36)27(18-28(35)40-19-21-11-5-4-6-12-21)33-31(39)41-20-26-24-15-9-7-13-22(24)23-14-8-10-16-25(23)26/h4-16,26-27H,3,17-20H2,1-2H3,(H,33,39)(H,34,36)(H,37,38)/t27-,32?/m0/s1. The van der Waals surface area contributed by atoms with Gasteiger partial charge in [0.2, 0.25) is 5.91 Å². The van der Waals surface area contributed by atoms with E-state index in [-0.39, 0.29) is 25.6 Å². The van der Waals surface area contributed by atoms with Crippen LogP contribution in [-0.2, 0) is 30.5 Å². The Morgan fingerprint density at radius 3 is 2.05 bits per heavy atom. The van der Waals surface area contributed by atoms with Gasteiger partial charge in [-0.3, -0.25) is 9.59 Å². The fourth-order valence-electron chi connectivity index (χ4n) is 5.04. The summed E-state index contributed by atoms with van der Waals surface area (Å²) in [5.41, 5.74) is 3.36. The lowest BCUT2D eigenvalue weighted by molar-refractivity contribution is -0.149. The third-order valence-corrected chi connectivity index (χ3v) is 7.19. The first-order valence-electron chi connectivity index (χ1n) is 13.6. The molecular formula is C32H34N2O7. The minimum Gasteiger partial charge on any atom is -0.480 e. The minimum atomic E-state index is -1.58. The normalized spacial score (nSPS) is 14.1. The van der Waals surface area contributed by atoms with Crippen molar-refractivity contribution in [1.29, 1.82) is 0 Å². The molecule has 3 aromatic carbocycles. The van der Waals surface area contributed by atoms with Crippen LogP contribution in [0.5, 0.6) is 0 Å². The number of amides is 2. The van der Waals surface area contributed by atoms with Crippen LogP contribution in [0.1, 0.15) is 55.7 Å². The number of hydrogen-bond donors (Lipinski definition) is 3. The fourth-order valence-corrected chi connectivity index (χ4v) is 5.04. The Morgan fingerprint density at radius 1 is 0.878 bits per heavy atom. The zero-order valence-corrected chi connectivity index (χ0v) is 23.1. The van der Waals surface area contributed by atoms with Gasteiger partial charge < -0.3 is 25.2 Å². The molecule has 0 saturated heterocycles. The summed E-state index contributed by atoms with van der Waals surface area (Å²) in [5, 5.41) is 14.7. The maximum absolute atomic E-state index is 13.2. The van der Waals surface area contributed by atoms with Crippen LogP contribution in [0.15, 0.2) is 78.9 Å². The number of nitrogens with one attached hydrogen (secondary N) is 2. The zero-order valence-electron chi connectivity index (χ0n) is 23.1. The molecule has 3 N–H and O–H groups in total. The van der Waals surface area contributed by atoms with Crippen molar-refractivity contribution < 1.29 is 33.8 Å². The fraction of sp³-hybridized carbons (Fsp3) is 0.312. The van der Waals surface area contributed by atoms with Gasteiger partial charge >= 0.3 is 18.0 Å². The number of carbonyl (C=O) groups excluding carboxylic acids is 3. The minimum absolute atomic E-state index is 0.00925. The van der Waals surface area contributed by atoms with Crippen molar-refractivity contribution in [3.05, 3.63) is 95.6 Å². The SMILES string of the molecule is CCCC(C)(NC(=O)[C@H](CC(=O)OCc1ccccc1)NC(=O)OCC1c2ccccc2-c2ccccc21)C(=O)O. The molecule has 2 amide bonds. The zero-order chi connectivity index (χ0) is 29.4. The summed E-state index contributed by atoms with van der Waals surface area (Å²) in [6, 6.07) is 23.4. The molecule has 0 saturated carbocycles. The molecule has 0 aromatic heterocycles. The molecule has 0 fully saturated rings. The average Bonchev–Trinajstić information content (AvgIpc) is 3.29. The highest BCUT2D eigenvalue weighted by Gasteiger charge is 2.37. The summed E-state index contributed by atoms with van der Waals surface area (Å²) in [6.07, 6.45) is -0.767. The highest BCUT2D eigenvalue weighted by atomic mass is 16.5. The molecule has 1 unspecified atom stereocenters. The summed E-state index contributed by atoms with van der Waals surface area (Å²) >= 11 is 0. The number of rotatable bonds is 12.